The molecule has 2 heteroatoms. The van der Waals surface area contributed by atoms with Crippen LogP contribution in [0.5, 0.6) is 0 Å². The van der Waals surface area contributed by atoms with Gasteiger partial charge in [-0.25, -0.2) is 0 Å². The minimum Gasteiger partial charge on any atom is -0.501 e. The third kappa shape index (κ3) is 1.52. The topological polar surface area (TPSA) is 26.3 Å². The van der Waals surface area contributed by atoms with E-state index in [1.807, 2.05) is 19.9 Å². The number of fused-ring (bicyclic) bond motifs is 1. The summed E-state index contributed by atoms with van der Waals surface area (Å²) in [6, 6.07) is 0. The van der Waals surface area contributed by atoms with Gasteiger partial charge in [-0.05, 0) is 25.8 Å². The Morgan fingerprint density at radius 2 is 2.27 bits per heavy atom. The normalized spacial score (nSPS) is 35.4. The van der Waals surface area contributed by atoms with E-state index in [9.17, 15) is 4.79 Å². The predicted octanol–water partition coefficient (Wildman–Crippen LogP) is 2.85. The zero-order valence-corrected chi connectivity index (χ0v) is 9.67. The number of rotatable bonds is 1. The molecule has 0 aromatic rings. The van der Waals surface area contributed by atoms with Gasteiger partial charge in [-0.2, -0.15) is 0 Å². The van der Waals surface area contributed by atoms with E-state index in [1.54, 1.807) is 7.11 Å². The second-order valence-corrected chi connectivity index (χ2v) is 4.75. The van der Waals surface area contributed by atoms with Crippen LogP contribution in [0.1, 0.15) is 33.1 Å². The highest BCUT2D eigenvalue weighted by Gasteiger charge is 2.42. The van der Waals surface area contributed by atoms with Crippen LogP contribution >= 0.6 is 0 Å². The molecule has 0 aromatic heterocycles. The van der Waals surface area contributed by atoms with E-state index in [4.69, 9.17) is 4.74 Å². The number of carbonyl (C=O) groups is 1. The molecule has 0 aliphatic heterocycles. The van der Waals surface area contributed by atoms with Crippen LogP contribution in [0.25, 0.3) is 0 Å². The van der Waals surface area contributed by atoms with Gasteiger partial charge < -0.3 is 4.74 Å². The Kier molecular flexibility index (Phi) is 2.45. The third-order valence-corrected chi connectivity index (χ3v) is 3.73. The van der Waals surface area contributed by atoms with E-state index in [2.05, 4.69) is 6.08 Å². The quantitative estimate of drug-likeness (QED) is 0.617. The molecule has 1 fully saturated rings. The lowest BCUT2D eigenvalue weighted by Gasteiger charge is -2.38. The van der Waals surface area contributed by atoms with Crippen molar-refractivity contribution >= 4 is 5.78 Å². The van der Waals surface area contributed by atoms with Crippen LogP contribution < -0.4 is 0 Å². The standard InChI is InChI=1S/C13H18O2/c1-9-4-5-10-6-7-11(15-3)8-13(10,2)12(9)14/h6,8-9H,4-5,7H2,1-3H3. The molecule has 0 heterocycles. The highest BCUT2D eigenvalue weighted by molar-refractivity contribution is 5.92. The Balaban J connectivity index is 2.38. The van der Waals surface area contributed by atoms with Gasteiger partial charge in [0.1, 0.15) is 5.78 Å². The third-order valence-electron chi connectivity index (χ3n) is 3.73. The predicted molar refractivity (Wildman–Crippen MR) is 59.3 cm³/mol. The number of methoxy groups -OCH3 is 1. The fourth-order valence-electron chi connectivity index (χ4n) is 2.66. The molecule has 0 radical (unpaired) electrons. The van der Waals surface area contributed by atoms with Gasteiger partial charge in [0.15, 0.2) is 0 Å². The van der Waals surface area contributed by atoms with Gasteiger partial charge in [0.05, 0.1) is 18.3 Å². The number of Topliss-reactive ketones (excluding diaryl/α,β-unsaturated/α-hetero) is 1. The molecule has 0 bridgehead atoms. The van der Waals surface area contributed by atoms with E-state index >= 15 is 0 Å². The molecular formula is C13H18O2. The van der Waals surface area contributed by atoms with E-state index in [0.29, 0.717) is 5.78 Å². The van der Waals surface area contributed by atoms with Crippen molar-refractivity contribution in [2.45, 2.75) is 33.1 Å². The van der Waals surface area contributed by atoms with Crippen molar-refractivity contribution in [1.82, 2.24) is 0 Å². The molecule has 2 nitrogen and oxygen atoms in total. The highest BCUT2D eigenvalue weighted by atomic mass is 16.5. The molecule has 2 unspecified atom stereocenters. The molecule has 15 heavy (non-hydrogen) atoms. The minimum absolute atomic E-state index is 0.180. The van der Waals surface area contributed by atoms with Crippen LogP contribution in [-0.2, 0) is 9.53 Å². The average Bonchev–Trinajstić information content (AvgIpc) is 2.24. The molecule has 2 aliphatic rings. The summed E-state index contributed by atoms with van der Waals surface area (Å²) in [5, 5.41) is 0. The molecule has 2 aliphatic carbocycles. The van der Waals surface area contributed by atoms with Crippen LogP contribution in [0.3, 0.4) is 0 Å². The van der Waals surface area contributed by atoms with Crippen LogP contribution in [0.2, 0.25) is 0 Å². The van der Waals surface area contributed by atoms with Crippen molar-refractivity contribution in [3.05, 3.63) is 23.5 Å². The lowest BCUT2D eigenvalue weighted by Crippen LogP contribution is -2.38. The molecule has 0 amide bonds. The molecule has 0 aromatic carbocycles. The van der Waals surface area contributed by atoms with Gasteiger partial charge in [0.25, 0.3) is 0 Å². The maximum absolute atomic E-state index is 12.2. The number of hydrogen-bond donors (Lipinski definition) is 0. The average molecular weight is 206 g/mol. The molecule has 1 saturated carbocycles. The fraction of sp³-hybridized carbons (Fsp3) is 0.615. The largest absolute Gasteiger partial charge is 0.501 e. The molecule has 0 spiro atoms. The van der Waals surface area contributed by atoms with Gasteiger partial charge in [-0.15, -0.1) is 0 Å². The monoisotopic (exact) mass is 206 g/mol. The Hall–Kier alpha value is -1.05. The Labute approximate surface area is 91.0 Å². The first-order valence-electron chi connectivity index (χ1n) is 5.57. The van der Waals surface area contributed by atoms with Crippen LogP contribution in [0.15, 0.2) is 23.5 Å². The summed E-state index contributed by atoms with van der Waals surface area (Å²) in [5.74, 6) is 1.44. The van der Waals surface area contributed by atoms with Crippen molar-refractivity contribution in [2.75, 3.05) is 7.11 Å². The SMILES string of the molecule is COC1=CC2(C)C(=O)C(C)CCC2=CC1. The molecular weight excluding hydrogens is 188 g/mol. The number of carbonyl (C=O) groups excluding carboxylic acids is 1. The van der Waals surface area contributed by atoms with Gasteiger partial charge >= 0.3 is 0 Å². The Morgan fingerprint density at radius 3 is 2.93 bits per heavy atom. The maximum Gasteiger partial charge on any atom is 0.149 e. The van der Waals surface area contributed by atoms with E-state index in [-0.39, 0.29) is 11.3 Å². The fourth-order valence-corrected chi connectivity index (χ4v) is 2.66. The molecule has 2 rings (SSSR count). The lowest BCUT2D eigenvalue weighted by molar-refractivity contribution is -0.129. The number of ketones is 1. The van der Waals surface area contributed by atoms with Crippen LogP contribution in [-0.4, -0.2) is 12.9 Å². The highest BCUT2D eigenvalue weighted by Crippen LogP contribution is 2.45. The van der Waals surface area contributed by atoms with Crippen LogP contribution in [0.4, 0.5) is 0 Å². The van der Waals surface area contributed by atoms with Gasteiger partial charge in [0.2, 0.25) is 0 Å². The summed E-state index contributed by atoms with van der Waals surface area (Å²) < 4.78 is 5.25. The second kappa shape index (κ2) is 3.51. The zero-order chi connectivity index (χ0) is 11.1. The van der Waals surface area contributed by atoms with Gasteiger partial charge in [-0.3, -0.25) is 4.79 Å². The smallest absolute Gasteiger partial charge is 0.149 e. The Morgan fingerprint density at radius 1 is 1.53 bits per heavy atom. The van der Waals surface area contributed by atoms with Crippen molar-refractivity contribution in [1.29, 1.82) is 0 Å². The summed E-state index contributed by atoms with van der Waals surface area (Å²) in [4.78, 5) is 12.2. The molecule has 0 N–H and O–H groups in total. The first kappa shape index (κ1) is 10.5. The van der Waals surface area contributed by atoms with Gasteiger partial charge in [-0.1, -0.05) is 18.6 Å². The zero-order valence-electron chi connectivity index (χ0n) is 9.67. The number of allylic oxidation sites excluding steroid dienone is 3. The summed E-state index contributed by atoms with van der Waals surface area (Å²) >= 11 is 0. The number of ether oxygens (including phenoxy) is 1. The van der Waals surface area contributed by atoms with Crippen molar-refractivity contribution in [3.63, 3.8) is 0 Å². The number of hydrogen-bond acceptors (Lipinski definition) is 2. The van der Waals surface area contributed by atoms with E-state index in [0.717, 1.165) is 25.0 Å². The van der Waals surface area contributed by atoms with E-state index < -0.39 is 0 Å². The van der Waals surface area contributed by atoms with Crippen molar-refractivity contribution in [3.8, 4) is 0 Å². The van der Waals surface area contributed by atoms with Crippen molar-refractivity contribution in [2.24, 2.45) is 11.3 Å². The van der Waals surface area contributed by atoms with E-state index in [1.165, 1.54) is 5.57 Å². The summed E-state index contributed by atoms with van der Waals surface area (Å²) in [6.45, 7) is 4.05. The summed E-state index contributed by atoms with van der Waals surface area (Å²) in [7, 11) is 1.67. The lowest BCUT2D eigenvalue weighted by atomic mass is 9.65. The van der Waals surface area contributed by atoms with Gasteiger partial charge in [0, 0.05) is 12.3 Å². The first-order valence-corrected chi connectivity index (χ1v) is 5.57. The summed E-state index contributed by atoms with van der Waals surface area (Å²) in [5.41, 5.74) is 0.896. The molecule has 82 valence electrons. The Bertz CT molecular complexity index is 352. The first-order chi connectivity index (χ1) is 7.08. The summed E-state index contributed by atoms with van der Waals surface area (Å²) in [6.07, 6.45) is 7.07. The minimum atomic E-state index is -0.388. The molecule has 2 atom stereocenters. The van der Waals surface area contributed by atoms with Crippen molar-refractivity contribution < 1.29 is 9.53 Å². The molecule has 0 saturated heterocycles. The maximum atomic E-state index is 12.2. The van der Waals surface area contributed by atoms with Crippen LogP contribution in [0, 0.1) is 11.3 Å². The second-order valence-electron chi connectivity index (χ2n) is 4.75.